The third-order valence-corrected chi connectivity index (χ3v) is 4.69. The number of anilines is 1. The van der Waals surface area contributed by atoms with Crippen molar-refractivity contribution in [3.05, 3.63) is 52.5 Å². The van der Waals surface area contributed by atoms with Gasteiger partial charge in [-0.25, -0.2) is 0 Å². The molecule has 2 aromatic carbocycles. The summed E-state index contributed by atoms with van der Waals surface area (Å²) in [4.78, 5) is 26.0. The number of ketones is 1. The number of methoxy groups -OCH3 is 1. The van der Waals surface area contributed by atoms with Gasteiger partial charge in [0.2, 0.25) is 0 Å². The fourth-order valence-corrected chi connectivity index (χ4v) is 3.12. The Morgan fingerprint density at radius 3 is 2.56 bits per heavy atom. The summed E-state index contributed by atoms with van der Waals surface area (Å²) in [5.41, 5.74) is 1.76. The summed E-state index contributed by atoms with van der Waals surface area (Å²) in [7, 11) is 1.58. The molecule has 0 atom stereocenters. The Labute approximate surface area is 163 Å². The molecule has 0 N–H and O–H groups in total. The molecule has 1 aliphatic heterocycles. The zero-order valence-electron chi connectivity index (χ0n) is 15.6. The van der Waals surface area contributed by atoms with E-state index in [0.717, 1.165) is 12.0 Å². The normalized spacial score (nSPS) is 13.3. The second-order valence-corrected chi connectivity index (χ2v) is 7.33. The number of nitrogens with zero attached hydrogens (tertiary/aromatic N) is 1. The molecule has 0 fully saturated rings. The summed E-state index contributed by atoms with van der Waals surface area (Å²) in [5.74, 6) is 0.739. The van der Waals surface area contributed by atoms with Crippen LogP contribution in [-0.2, 0) is 11.3 Å². The van der Waals surface area contributed by atoms with Crippen LogP contribution in [0.25, 0.3) is 0 Å². The highest BCUT2D eigenvalue weighted by molar-refractivity contribution is 6.52. The number of rotatable bonds is 7. The van der Waals surface area contributed by atoms with Crippen molar-refractivity contribution in [1.82, 2.24) is 0 Å². The van der Waals surface area contributed by atoms with Crippen LogP contribution in [0, 0.1) is 5.92 Å². The quantitative estimate of drug-likeness (QED) is 0.656. The lowest BCUT2D eigenvalue weighted by atomic mass is 10.1. The van der Waals surface area contributed by atoms with Gasteiger partial charge in [-0.1, -0.05) is 31.5 Å². The summed E-state index contributed by atoms with van der Waals surface area (Å²) in [6, 6.07) is 10.4. The molecular formula is C21H22ClNO4. The Hall–Kier alpha value is -2.53. The second-order valence-electron chi connectivity index (χ2n) is 6.90. The van der Waals surface area contributed by atoms with E-state index >= 15 is 0 Å². The largest absolute Gasteiger partial charge is 0.493 e. The number of fused-ring (bicyclic) bond motifs is 1. The Morgan fingerprint density at radius 1 is 1.07 bits per heavy atom. The van der Waals surface area contributed by atoms with Gasteiger partial charge in [0.05, 0.1) is 31.5 Å². The summed E-state index contributed by atoms with van der Waals surface area (Å²) in [5, 5.41) is 0.432. The summed E-state index contributed by atoms with van der Waals surface area (Å²) in [6.45, 7) is 5.16. The van der Waals surface area contributed by atoms with Gasteiger partial charge < -0.3 is 14.4 Å². The standard InChI is InChI=1S/C21H22ClNO4/c1-13(2)8-9-27-18-7-4-14(10-19(18)26-3)12-23-17-6-5-15(22)11-16(17)20(24)21(23)25/h4-7,10-11,13H,8-9,12H2,1-3H3. The van der Waals surface area contributed by atoms with Crippen LogP contribution in [0.15, 0.2) is 36.4 Å². The van der Waals surface area contributed by atoms with Crippen LogP contribution in [0.1, 0.15) is 36.2 Å². The molecule has 0 bridgehead atoms. The number of carbonyl (C=O) groups is 2. The smallest absolute Gasteiger partial charge is 0.299 e. The molecule has 27 heavy (non-hydrogen) atoms. The zero-order valence-corrected chi connectivity index (χ0v) is 16.4. The highest BCUT2D eigenvalue weighted by atomic mass is 35.5. The van der Waals surface area contributed by atoms with Crippen LogP contribution < -0.4 is 14.4 Å². The summed E-state index contributed by atoms with van der Waals surface area (Å²) >= 11 is 5.95. The Balaban J connectivity index is 1.80. The molecule has 0 radical (unpaired) electrons. The Morgan fingerprint density at radius 2 is 1.85 bits per heavy atom. The van der Waals surface area contributed by atoms with Crippen molar-refractivity contribution in [2.45, 2.75) is 26.8 Å². The van der Waals surface area contributed by atoms with E-state index in [-0.39, 0.29) is 6.54 Å². The van der Waals surface area contributed by atoms with Crippen LogP contribution in [0.2, 0.25) is 5.02 Å². The van der Waals surface area contributed by atoms with E-state index in [1.165, 1.54) is 11.0 Å². The molecule has 1 heterocycles. The van der Waals surface area contributed by atoms with E-state index in [1.807, 2.05) is 18.2 Å². The number of ether oxygens (including phenoxy) is 2. The molecule has 1 amide bonds. The minimum atomic E-state index is -0.552. The van der Waals surface area contributed by atoms with Crippen molar-refractivity contribution < 1.29 is 19.1 Å². The van der Waals surface area contributed by atoms with Gasteiger partial charge in [0.25, 0.3) is 11.7 Å². The maximum Gasteiger partial charge on any atom is 0.299 e. The molecule has 142 valence electrons. The average Bonchev–Trinajstić information content (AvgIpc) is 2.87. The van der Waals surface area contributed by atoms with Gasteiger partial charge in [-0.2, -0.15) is 0 Å². The van der Waals surface area contributed by atoms with Gasteiger partial charge in [0.15, 0.2) is 11.5 Å². The highest BCUT2D eigenvalue weighted by Crippen LogP contribution is 2.34. The van der Waals surface area contributed by atoms with E-state index in [2.05, 4.69) is 13.8 Å². The van der Waals surface area contributed by atoms with Crippen molar-refractivity contribution in [2.75, 3.05) is 18.6 Å². The maximum absolute atomic E-state index is 12.4. The molecule has 0 saturated carbocycles. The third-order valence-electron chi connectivity index (χ3n) is 4.45. The predicted molar refractivity (Wildman–Crippen MR) is 105 cm³/mol. The van der Waals surface area contributed by atoms with Gasteiger partial charge in [0.1, 0.15) is 0 Å². The first-order valence-electron chi connectivity index (χ1n) is 8.86. The zero-order chi connectivity index (χ0) is 19.6. The van der Waals surface area contributed by atoms with Crippen molar-refractivity contribution in [1.29, 1.82) is 0 Å². The predicted octanol–water partition coefficient (Wildman–Crippen LogP) is 4.50. The number of Topliss-reactive ketones (excluding diaryl/α,β-unsaturated/α-hetero) is 1. The van der Waals surface area contributed by atoms with Crippen LogP contribution in [0.3, 0.4) is 0 Å². The van der Waals surface area contributed by atoms with Crippen molar-refractivity contribution >= 4 is 29.0 Å². The topological polar surface area (TPSA) is 55.8 Å². The molecule has 0 unspecified atom stereocenters. The summed E-state index contributed by atoms with van der Waals surface area (Å²) < 4.78 is 11.2. The van der Waals surface area contributed by atoms with Crippen molar-refractivity contribution in [2.24, 2.45) is 5.92 Å². The average molecular weight is 388 g/mol. The monoisotopic (exact) mass is 387 g/mol. The number of carbonyl (C=O) groups excluding carboxylic acids is 2. The fraction of sp³-hybridized carbons (Fsp3) is 0.333. The number of benzene rings is 2. The number of halogens is 1. The third kappa shape index (κ3) is 4.08. The lowest BCUT2D eigenvalue weighted by molar-refractivity contribution is -0.114. The lowest BCUT2D eigenvalue weighted by Gasteiger charge is -2.18. The van der Waals surface area contributed by atoms with Gasteiger partial charge in [-0.3, -0.25) is 9.59 Å². The SMILES string of the molecule is COc1cc(CN2C(=O)C(=O)c3cc(Cl)ccc32)ccc1OCCC(C)C. The molecule has 0 saturated heterocycles. The van der Waals surface area contributed by atoms with Crippen LogP contribution in [0.5, 0.6) is 11.5 Å². The van der Waals surface area contributed by atoms with Crippen molar-refractivity contribution in [3.63, 3.8) is 0 Å². The van der Waals surface area contributed by atoms with Gasteiger partial charge in [-0.05, 0) is 48.2 Å². The Kier molecular flexibility index (Phi) is 5.71. The summed E-state index contributed by atoms with van der Waals surface area (Å²) in [6.07, 6.45) is 0.953. The van der Waals surface area contributed by atoms with E-state index in [1.54, 1.807) is 19.2 Å². The van der Waals surface area contributed by atoms with Crippen molar-refractivity contribution in [3.8, 4) is 11.5 Å². The van der Waals surface area contributed by atoms with E-state index < -0.39 is 11.7 Å². The molecular weight excluding hydrogens is 366 g/mol. The minimum absolute atomic E-state index is 0.266. The first-order chi connectivity index (χ1) is 12.9. The van der Waals surface area contributed by atoms with Crippen LogP contribution in [-0.4, -0.2) is 25.4 Å². The van der Waals surface area contributed by atoms with Gasteiger partial charge >= 0.3 is 0 Å². The first kappa shape index (κ1) is 19.2. The van der Waals surface area contributed by atoms with E-state index in [4.69, 9.17) is 21.1 Å². The Bertz CT molecular complexity index is 878. The molecule has 6 heteroatoms. The van der Waals surface area contributed by atoms with E-state index in [0.29, 0.717) is 40.3 Å². The minimum Gasteiger partial charge on any atom is -0.493 e. The highest BCUT2D eigenvalue weighted by Gasteiger charge is 2.35. The number of hydrogen-bond acceptors (Lipinski definition) is 4. The second kappa shape index (κ2) is 8.01. The first-order valence-corrected chi connectivity index (χ1v) is 9.24. The maximum atomic E-state index is 12.4. The van der Waals surface area contributed by atoms with Crippen LogP contribution >= 0.6 is 11.6 Å². The lowest BCUT2D eigenvalue weighted by Crippen LogP contribution is -2.29. The molecule has 5 nitrogen and oxygen atoms in total. The molecule has 3 rings (SSSR count). The number of hydrogen-bond donors (Lipinski definition) is 0. The van der Waals surface area contributed by atoms with E-state index in [9.17, 15) is 9.59 Å². The molecule has 0 spiro atoms. The van der Waals surface area contributed by atoms with Crippen LogP contribution in [0.4, 0.5) is 5.69 Å². The molecule has 0 aromatic heterocycles. The molecule has 1 aliphatic rings. The number of amides is 1. The molecule has 2 aromatic rings. The van der Waals surface area contributed by atoms with Gasteiger partial charge in [0, 0.05) is 5.02 Å². The van der Waals surface area contributed by atoms with Gasteiger partial charge in [-0.15, -0.1) is 0 Å². The fourth-order valence-electron chi connectivity index (χ4n) is 2.95. The molecule has 0 aliphatic carbocycles.